The lowest BCUT2D eigenvalue weighted by Crippen LogP contribution is -2.12. The van der Waals surface area contributed by atoms with Gasteiger partial charge in [0.05, 0.1) is 18.5 Å². The summed E-state index contributed by atoms with van der Waals surface area (Å²) >= 11 is 0. The minimum atomic E-state index is -4.01. The predicted octanol–water partition coefficient (Wildman–Crippen LogP) is 1.57. The molecular formula is C12H12N2O6S. The van der Waals surface area contributed by atoms with E-state index in [2.05, 4.69) is 9.71 Å². The van der Waals surface area contributed by atoms with E-state index in [4.69, 9.17) is 14.3 Å². The molecule has 2 heterocycles. The van der Waals surface area contributed by atoms with Crippen molar-refractivity contribution in [2.75, 3.05) is 11.3 Å². The Morgan fingerprint density at radius 1 is 1.38 bits per heavy atom. The van der Waals surface area contributed by atoms with Gasteiger partial charge in [0.2, 0.25) is 16.7 Å². The second-order valence-electron chi connectivity index (χ2n) is 3.85. The zero-order valence-corrected chi connectivity index (χ0v) is 11.8. The Bertz CT molecular complexity index is 735. The fraction of sp³-hybridized carbons (Fsp3) is 0.167. The van der Waals surface area contributed by atoms with E-state index in [1.54, 1.807) is 6.92 Å². The molecule has 0 amide bonds. The van der Waals surface area contributed by atoms with Crippen LogP contribution in [0.25, 0.3) is 0 Å². The molecule has 112 valence electrons. The number of aromatic carboxylic acids is 1. The number of hydrogen-bond acceptors (Lipinski definition) is 6. The fourth-order valence-corrected chi connectivity index (χ4v) is 2.44. The molecule has 8 nitrogen and oxygen atoms in total. The predicted molar refractivity (Wildman–Crippen MR) is 71.9 cm³/mol. The van der Waals surface area contributed by atoms with Crippen LogP contribution in [0.1, 0.15) is 17.5 Å². The van der Waals surface area contributed by atoms with E-state index in [0.29, 0.717) is 12.5 Å². The lowest BCUT2D eigenvalue weighted by atomic mass is 10.4. The number of carboxylic acid groups (broad SMARTS) is 1. The standard InChI is InChI=1S/C12H12N2O6S/c1-2-19-10-5-3-8(7-13-10)14-21(17,18)11-6-4-9(20-11)12(15)16/h3-7,14H,2H2,1H3,(H,15,16). The van der Waals surface area contributed by atoms with Gasteiger partial charge in [-0.3, -0.25) is 4.72 Å². The summed E-state index contributed by atoms with van der Waals surface area (Å²) in [5, 5.41) is 8.21. The zero-order valence-electron chi connectivity index (χ0n) is 10.9. The number of rotatable bonds is 6. The molecule has 0 aliphatic heterocycles. The first-order valence-corrected chi connectivity index (χ1v) is 7.35. The van der Waals surface area contributed by atoms with E-state index in [-0.39, 0.29) is 5.69 Å². The lowest BCUT2D eigenvalue weighted by molar-refractivity contribution is 0.0656. The van der Waals surface area contributed by atoms with Crippen LogP contribution in [0.2, 0.25) is 0 Å². The van der Waals surface area contributed by atoms with Gasteiger partial charge in [0.15, 0.2) is 0 Å². The third kappa shape index (κ3) is 3.51. The minimum Gasteiger partial charge on any atom is -0.478 e. The summed E-state index contributed by atoms with van der Waals surface area (Å²) < 4.78 is 36.1. The Balaban J connectivity index is 2.18. The largest absolute Gasteiger partial charge is 0.478 e. The van der Waals surface area contributed by atoms with Gasteiger partial charge in [-0.25, -0.2) is 9.78 Å². The Hall–Kier alpha value is -2.55. The molecule has 0 aliphatic carbocycles. The van der Waals surface area contributed by atoms with Crippen LogP contribution >= 0.6 is 0 Å². The maximum atomic E-state index is 12.0. The van der Waals surface area contributed by atoms with Crippen molar-refractivity contribution in [3.63, 3.8) is 0 Å². The molecule has 9 heteroatoms. The smallest absolute Gasteiger partial charge is 0.371 e. The highest BCUT2D eigenvalue weighted by Gasteiger charge is 2.21. The Morgan fingerprint density at radius 3 is 2.67 bits per heavy atom. The van der Waals surface area contributed by atoms with Crippen LogP contribution < -0.4 is 9.46 Å². The van der Waals surface area contributed by atoms with Crippen molar-refractivity contribution in [1.29, 1.82) is 0 Å². The van der Waals surface area contributed by atoms with Gasteiger partial charge in [0.25, 0.3) is 10.0 Å². The molecule has 2 N–H and O–H groups in total. The second-order valence-corrected chi connectivity index (χ2v) is 5.46. The van der Waals surface area contributed by atoms with Gasteiger partial charge in [-0.1, -0.05) is 0 Å². The number of aromatic nitrogens is 1. The minimum absolute atomic E-state index is 0.201. The number of carbonyl (C=O) groups is 1. The average Bonchev–Trinajstić information content (AvgIpc) is 2.92. The number of furan rings is 1. The van der Waals surface area contributed by atoms with Crippen LogP contribution in [0.15, 0.2) is 40.0 Å². The third-order valence-electron chi connectivity index (χ3n) is 2.34. The summed E-state index contributed by atoms with van der Waals surface area (Å²) in [5.41, 5.74) is 0.201. The topological polar surface area (TPSA) is 119 Å². The second kappa shape index (κ2) is 5.83. The van der Waals surface area contributed by atoms with E-state index in [1.807, 2.05) is 0 Å². The molecule has 2 aromatic heterocycles. The zero-order chi connectivity index (χ0) is 15.5. The van der Waals surface area contributed by atoms with Crippen LogP contribution in [0, 0.1) is 0 Å². The van der Waals surface area contributed by atoms with Crippen LogP contribution in [-0.2, 0) is 10.0 Å². The molecule has 0 unspecified atom stereocenters. The van der Waals surface area contributed by atoms with Crippen LogP contribution in [0.4, 0.5) is 5.69 Å². The van der Waals surface area contributed by atoms with Crippen molar-refractivity contribution in [1.82, 2.24) is 4.98 Å². The highest BCUT2D eigenvalue weighted by atomic mass is 32.2. The van der Waals surface area contributed by atoms with Gasteiger partial charge < -0.3 is 14.3 Å². The van der Waals surface area contributed by atoms with Crippen molar-refractivity contribution >= 4 is 21.7 Å². The molecule has 0 aliphatic rings. The van der Waals surface area contributed by atoms with Crippen molar-refractivity contribution in [3.05, 3.63) is 36.2 Å². The van der Waals surface area contributed by atoms with E-state index < -0.39 is 26.8 Å². The van der Waals surface area contributed by atoms with Crippen molar-refractivity contribution in [2.45, 2.75) is 12.0 Å². The Morgan fingerprint density at radius 2 is 2.14 bits per heavy atom. The molecule has 0 saturated heterocycles. The van der Waals surface area contributed by atoms with E-state index in [0.717, 1.165) is 12.1 Å². The maximum Gasteiger partial charge on any atom is 0.371 e. The number of sulfonamides is 1. The third-order valence-corrected chi connectivity index (χ3v) is 3.59. The molecule has 0 spiro atoms. The molecule has 2 rings (SSSR count). The van der Waals surface area contributed by atoms with Crippen LogP contribution in [-0.4, -0.2) is 31.1 Å². The van der Waals surface area contributed by atoms with E-state index in [1.165, 1.54) is 18.3 Å². The summed E-state index contributed by atoms with van der Waals surface area (Å²) in [6.45, 7) is 2.25. The van der Waals surface area contributed by atoms with Crippen molar-refractivity contribution in [3.8, 4) is 5.88 Å². The molecule has 0 atom stereocenters. The SMILES string of the molecule is CCOc1ccc(NS(=O)(=O)c2ccc(C(=O)O)o2)cn1. The summed E-state index contributed by atoms with van der Waals surface area (Å²) in [7, 11) is -4.01. The van der Waals surface area contributed by atoms with Crippen LogP contribution in [0.3, 0.4) is 0 Å². The molecular weight excluding hydrogens is 300 g/mol. The molecule has 0 radical (unpaired) electrons. The summed E-state index contributed by atoms with van der Waals surface area (Å²) in [5.74, 6) is -1.44. The average molecular weight is 312 g/mol. The first-order valence-electron chi connectivity index (χ1n) is 5.87. The lowest BCUT2D eigenvalue weighted by Gasteiger charge is -2.06. The van der Waals surface area contributed by atoms with Gasteiger partial charge in [-0.15, -0.1) is 0 Å². The summed E-state index contributed by atoms with van der Waals surface area (Å²) in [4.78, 5) is 14.6. The highest BCUT2D eigenvalue weighted by Crippen LogP contribution is 2.19. The normalized spacial score (nSPS) is 11.1. The van der Waals surface area contributed by atoms with E-state index in [9.17, 15) is 13.2 Å². The number of hydrogen-bond donors (Lipinski definition) is 2. The fourth-order valence-electron chi connectivity index (χ4n) is 1.46. The number of anilines is 1. The van der Waals surface area contributed by atoms with Gasteiger partial charge in [0.1, 0.15) is 0 Å². The summed E-state index contributed by atoms with van der Waals surface area (Å²) in [6.07, 6.45) is 1.28. The quantitative estimate of drug-likeness (QED) is 0.831. The Kier molecular flexibility index (Phi) is 4.13. The van der Waals surface area contributed by atoms with E-state index >= 15 is 0 Å². The molecule has 2 aromatic rings. The first-order chi connectivity index (χ1) is 9.92. The maximum absolute atomic E-state index is 12.0. The number of nitrogens with one attached hydrogen (secondary N) is 1. The highest BCUT2D eigenvalue weighted by molar-refractivity contribution is 7.92. The van der Waals surface area contributed by atoms with Gasteiger partial charge in [0, 0.05) is 6.07 Å². The van der Waals surface area contributed by atoms with Gasteiger partial charge in [-0.2, -0.15) is 8.42 Å². The monoisotopic (exact) mass is 312 g/mol. The number of carboxylic acids is 1. The molecule has 0 aromatic carbocycles. The number of pyridine rings is 1. The molecule has 21 heavy (non-hydrogen) atoms. The van der Waals surface area contributed by atoms with Crippen LogP contribution in [0.5, 0.6) is 5.88 Å². The first kappa shape index (κ1) is 14.9. The summed E-state index contributed by atoms with van der Waals surface area (Å²) in [6, 6.07) is 5.10. The molecule has 0 saturated carbocycles. The molecule has 0 bridgehead atoms. The molecule has 0 fully saturated rings. The van der Waals surface area contributed by atoms with Gasteiger partial charge >= 0.3 is 5.97 Å². The number of nitrogens with zero attached hydrogens (tertiary/aromatic N) is 1. The Labute approximate surface area is 120 Å². The number of ether oxygens (including phenoxy) is 1. The van der Waals surface area contributed by atoms with Crippen molar-refractivity contribution in [2.24, 2.45) is 0 Å². The van der Waals surface area contributed by atoms with Gasteiger partial charge in [-0.05, 0) is 25.1 Å². The van der Waals surface area contributed by atoms with Crippen molar-refractivity contribution < 1.29 is 27.5 Å².